The highest BCUT2D eigenvalue weighted by molar-refractivity contribution is 5.49. The Hall–Kier alpha value is -1.81. The average Bonchev–Trinajstić information content (AvgIpc) is 2.89. The molecule has 1 aromatic heterocycles. The molecule has 1 heterocycles. The third-order valence-corrected chi connectivity index (χ3v) is 3.07. The summed E-state index contributed by atoms with van der Waals surface area (Å²) in [6.45, 7) is 5.86. The second kappa shape index (κ2) is 6.38. The molecule has 0 unspecified atom stereocenters. The molecule has 4 nitrogen and oxygen atoms in total. The molecule has 4 heteroatoms. The van der Waals surface area contributed by atoms with Crippen LogP contribution in [0.2, 0.25) is 0 Å². The van der Waals surface area contributed by atoms with Crippen molar-refractivity contribution in [1.82, 2.24) is 9.97 Å². The molecule has 102 valence electrons. The van der Waals surface area contributed by atoms with Crippen molar-refractivity contribution in [3.05, 3.63) is 48.0 Å². The number of hydrogen-bond acceptors (Lipinski definition) is 3. The summed E-state index contributed by atoms with van der Waals surface area (Å²) in [6, 6.07) is 8.89. The van der Waals surface area contributed by atoms with Gasteiger partial charge in [-0.25, -0.2) is 4.98 Å². The van der Waals surface area contributed by atoms with E-state index in [2.05, 4.69) is 53.0 Å². The highest BCUT2D eigenvalue weighted by Crippen LogP contribution is 2.21. The second-order valence-corrected chi connectivity index (χ2v) is 4.90. The number of anilines is 1. The summed E-state index contributed by atoms with van der Waals surface area (Å²) in [7, 11) is 1.72. The third kappa shape index (κ3) is 3.58. The molecule has 2 aromatic rings. The molecule has 0 bridgehead atoms. The van der Waals surface area contributed by atoms with E-state index in [0.29, 0.717) is 12.6 Å². The minimum Gasteiger partial charge on any atom is -0.380 e. The van der Waals surface area contributed by atoms with Crippen molar-refractivity contribution in [3.63, 3.8) is 0 Å². The summed E-state index contributed by atoms with van der Waals surface area (Å²) in [5.74, 6) is 0. The van der Waals surface area contributed by atoms with Crippen LogP contribution >= 0.6 is 0 Å². The van der Waals surface area contributed by atoms with E-state index in [1.54, 1.807) is 13.4 Å². The lowest BCUT2D eigenvalue weighted by Gasteiger charge is -2.29. The van der Waals surface area contributed by atoms with E-state index in [1.807, 2.05) is 6.20 Å². The molecular weight excluding hydrogens is 238 g/mol. The van der Waals surface area contributed by atoms with Crippen molar-refractivity contribution in [2.24, 2.45) is 0 Å². The van der Waals surface area contributed by atoms with E-state index < -0.39 is 0 Å². The summed E-state index contributed by atoms with van der Waals surface area (Å²) in [4.78, 5) is 9.57. The van der Waals surface area contributed by atoms with Gasteiger partial charge in [-0.3, -0.25) is 0 Å². The van der Waals surface area contributed by atoms with Gasteiger partial charge in [-0.2, -0.15) is 0 Å². The minimum atomic E-state index is 0.418. The van der Waals surface area contributed by atoms with Gasteiger partial charge >= 0.3 is 0 Å². The zero-order valence-electron chi connectivity index (χ0n) is 11.8. The summed E-state index contributed by atoms with van der Waals surface area (Å²) in [5, 5.41) is 0. The zero-order valence-corrected chi connectivity index (χ0v) is 11.8. The lowest BCUT2D eigenvalue weighted by atomic mass is 10.1. The molecule has 0 saturated carbocycles. The van der Waals surface area contributed by atoms with E-state index in [-0.39, 0.29) is 0 Å². The molecule has 0 amide bonds. The normalized spacial score (nSPS) is 10.9. The first-order chi connectivity index (χ1) is 9.20. The van der Waals surface area contributed by atoms with Crippen molar-refractivity contribution < 1.29 is 4.74 Å². The number of rotatable bonds is 6. The van der Waals surface area contributed by atoms with Gasteiger partial charge in [-0.1, -0.05) is 12.1 Å². The minimum absolute atomic E-state index is 0.418. The molecule has 0 radical (unpaired) electrons. The molecule has 19 heavy (non-hydrogen) atoms. The largest absolute Gasteiger partial charge is 0.380 e. The standard InChI is InChI=1S/C15H21N3O/c1-12(2)18(9-14-8-16-11-17-14)15-6-4-5-13(7-15)10-19-3/h4-8,11-12H,9-10H2,1-3H3,(H,16,17). The molecule has 0 aliphatic heterocycles. The Balaban J connectivity index is 2.20. The third-order valence-electron chi connectivity index (χ3n) is 3.07. The Morgan fingerprint density at radius 2 is 2.21 bits per heavy atom. The first-order valence-corrected chi connectivity index (χ1v) is 6.52. The van der Waals surface area contributed by atoms with Crippen LogP contribution in [-0.4, -0.2) is 23.1 Å². The van der Waals surface area contributed by atoms with Gasteiger partial charge in [0.2, 0.25) is 0 Å². The van der Waals surface area contributed by atoms with Crippen LogP contribution in [0.4, 0.5) is 5.69 Å². The molecule has 0 aliphatic rings. The Morgan fingerprint density at radius 1 is 1.37 bits per heavy atom. The highest BCUT2D eigenvalue weighted by atomic mass is 16.5. The number of aromatic nitrogens is 2. The van der Waals surface area contributed by atoms with Crippen molar-refractivity contribution in [2.45, 2.75) is 33.0 Å². The van der Waals surface area contributed by atoms with Gasteiger partial charge < -0.3 is 14.6 Å². The summed E-state index contributed by atoms with van der Waals surface area (Å²) in [5.41, 5.74) is 3.51. The maximum atomic E-state index is 5.19. The van der Waals surface area contributed by atoms with Gasteiger partial charge in [0.05, 0.1) is 25.2 Å². The molecule has 0 spiro atoms. The number of benzene rings is 1. The molecule has 1 aromatic carbocycles. The monoisotopic (exact) mass is 259 g/mol. The van der Waals surface area contributed by atoms with Crippen LogP contribution in [-0.2, 0) is 17.9 Å². The lowest BCUT2D eigenvalue weighted by Crippen LogP contribution is -2.30. The number of nitrogens with zero attached hydrogens (tertiary/aromatic N) is 2. The quantitative estimate of drug-likeness (QED) is 0.867. The van der Waals surface area contributed by atoms with Crippen LogP contribution < -0.4 is 4.90 Å². The van der Waals surface area contributed by atoms with Crippen molar-refractivity contribution in [3.8, 4) is 0 Å². The van der Waals surface area contributed by atoms with Gasteiger partial charge in [0.15, 0.2) is 0 Å². The van der Waals surface area contributed by atoms with Crippen LogP contribution in [0, 0.1) is 0 Å². The molecule has 0 fully saturated rings. The number of imidazole rings is 1. The predicted octanol–water partition coefficient (Wildman–Crippen LogP) is 2.97. The van der Waals surface area contributed by atoms with Gasteiger partial charge in [0, 0.05) is 25.0 Å². The average molecular weight is 259 g/mol. The molecule has 0 saturated heterocycles. The Morgan fingerprint density at radius 3 is 2.84 bits per heavy atom. The van der Waals surface area contributed by atoms with Crippen LogP contribution in [0.15, 0.2) is 36.8 Å². The smallest absolute Gasteiger partial charge is 0.0922 e. The van der Waals surface area contributed by atoms with Crippen molar-refractivity contribution in [2.75, 3.05) is 12.0 Å². The van der Waals surface area contributed by atoms with Crippen LogP contribution in [0.25, 0.3) is 0 Å². The van der Waals surface area contributed by atoms with E-state index >= 15 is 0 Å². The fourth-order valence-electron chi connectivity index (χ4n) is 2.12. The summed E-state index contributed by atoms with van der Waals surface area (Å²) < 4.78 is 5.19. The first-order valence-electron chi connectivity index (χ1n) is 6.52. The highest BCUT2D eigenvalue weighted by Gasteiger charge is 2.12. The SMILES string of the molecule is COCc1cccc(N(Cc2cnc[nH]2)C(C)C)c1. The first kappa shape index (κ1) is 13.6. The number of ether oxygens (including phenoxy) is 1. The molecule has 1 N–H and O–H groups in total. The van der Waals surface area contributed by atoms with Crippen molar-refractivity contribution in [1.29, 1.82) is 0 Å². The Bertz CT molecular complexity index is 494. The molecule has 0 atom stereocenters. The fraction of sp³-hybridized carbons (Fsp3) is 0.400. The predicted molar refractivity (Wildman–Crippen MR) is 77.1 cm³/mol. The summed E-state index contributed by atoms with van der Waals surface area (Å²) in [6.07, 6.45) is 3.59. The number of aromatic amines is 1. The van der Waals surface area contributed by atoms with E-state index in [4.69, 9.17) is 4.74 Å². The number of H-pyrrole nitrogens is 1. The van der Waals surface area contributed by atoms with Crippen LogP contribution in [0.3, 0.4) is 0 Å². The van der Waals surface area contributed by atoms with E-state index in [0.717, 1.165) is 12.2 Å². The fourth-order valence-corrected chi connectivity index (χ4v) is 2.12. The molecule has 2 rings (SSSR count). The maximum Gasteiger partial charge on any atom is 0.0922 e. The van der Waals surface area contributed by atoms with E-state index in [1.165, 1.54) is 11.3 Å². The van der Waals surface area contributed by atoms with E-state index in [9.17, 15) is 0 Å². The number of nitrogens with one attached hydrogen (secondary N) is 1. The topological polar surface area (TPSA) is 41.1 Å². The Kier molecular flexibility index (Phi) is 4.58. The zero-order chi connectivity index (χ0) is 13.7. The lowest BCUT2D eigenvalue weighted by molar-refractivity contribution is 0.185. The Labute approximate surface area is 114 Å². The number of hydrogen-bond donors (Lipinski definition) is 1. The van der Waals surface area contributed by atoms with Gasteiger partial charge in [-0.05, 0) is 31.5 Å². The van der Waals surface area contributed by atoms with Gasteiger partial charge in [0.1, 0.15) is 0 Å². The van der Waals surface area contributed by atoms with Crippen LogP contribution in [0.5, 0.6) is 0 Å². The molecule has 0 aliphatic carbocycles. The second-order valence-electron chi connectivity index (χ2n) is 4.90. The maximum absolute atomic E-state index is 5.19. The van der Waals surface area contributed by atoms with Gasteiger partial charge in [-0.15, -0.1) is 0 Å². The summed E-state index contributed by atoms with van der Waals surface area (Å²) >= 11 is 0. The van der Waals surface area contributed by atoms with Crippen LogP contribution in [0.1, 0.15) is 25.1 Å². The molecular formula is C15H21N3O. The van der Waals surface area contributed by atoms with Crippen molar-refractivity contribution >= 4 is 5.69 Å². The van der Waals surface area contributed by atoms with Gasteiger partial charge in [0.25, 0.3) is 0 Å². The number of methoxy groups -OCH3 is 1.